The van der Waals surface area contributed by atoms with Gasteiger partial charge < -0.3 is 15.7 Å². The summed E-state index contributed by atoms with van der Waals surface area (Å²) in [7, 11) is -0.818. The van der Waals surface area contributed by atoms with Gasteiger partial charge in [-0.25, -0.2) is 4.79 Å². The van der Waals surface area contributed by atoms with Crippen molar-refractivity contribution in [1.82, 2.24) is 10.6 Å². The molecule has 2 unspecified atom stereocenters. The molecule has 0 saturated carbocycles. The van der Waals surface area contributed by atoms with E-state index in [0.29, 0.717) is 18.7 Å². The maximum atomic E-state index is 11.5. The van der Waals surface area contributed by atoms with Crippen LogP contribution in [-0.2, 0) is 10.8 Å². The van der Waals surface area contributed by atoms with E-state index in [9.17, 15) is 14.1 Å². The molecule has 6 heteroatoms. The summed E-state index contributed by atoms with van der Waals surface area (Å²) >= 11 is 0. The number of carbonyl (C=O) groups is 1. The number of rotatable bonds is 7. The predicted molar refractivity (Wildman–Crippen MR) is 75.0 cm³/mol. The summed E-state index contributed by atoms with van der Waals surface area (Å²) in [5.41, 5.74) is 0.0553. The van der Waals surface area contributed by atoms with E-state index in [0.717, 1.165) is 6.42 Å². The van der Waals surface area contributed by atoms with Gasteiger partial charge >= 0.3 is 6.03 Å². The predicted octanol–water partition coefficient (Wildman–Crippen LogP) is 0.851. The van der Waals surface area contributed by atoms with Crippen molar-refractivity contribution < 1.29 is 14.1 Å². The van der Waals surface area contributed by atoms with Crippen LogP contribution in [0.4, 0.5) is 4.79 Å². The van der Waals surface area contributed by atoms with Gasteiger partial charge in [0.25, 0.3) is 0 Å². The number of hydrogen-bond acceptors (Lipinski definition) is 3. The minimum absolute atomic E-state index is 0.0553. The van der Waals surface area contributed by atoms with Crippen LogP contribution in [-0.4, -0.2) is 46.5 Å². The van der Waals surface area contributed by atoms with Crippen molar-refractivity contribution in [2.75, 3.05) is 25.2 Å². The standard InChI is InChI=1S/C12H26N2O3S/c1-12(2,3)8-10(9-15)14-11(16)13-6-5-7-18(4)17/h10,15H,5-9H2,1-4H3,(H2,13,14,16). The van der Waals surface area contributed by atoms with Crippen molar-refractivity contribution in [1.29, 1.82) is 0 Å². The van der Waals surface area contributed by atoms with Crippen molar-refractivity contribution >= 4 is 16.8 Å². The number of amides is 2. The number of carbonyl (C=O) groups excluding carboxylic acids is 1. The molecule has 0 saturated heterocycles. The average Bonchev–Trinajstić information content (AvgIpc) is 2.21. The zero-order chi connectivity index (χ0) is 14.2. The Balaban J connectivity index is 3.87. The molecule has 18 heavy (non-hydrogen) atoms. The lowest BCUT2D eigenvalue weighted by Gasteiger charge is -2.25. The first-order chi connectivity index (χ1) is 8.24. The molecule has 5 nitrogen and oxygen atoms in total. The monoisotopic (exact) mass is 278 g/mol. The van der Waals surface area contributed by atoms with Crippen molar-refractivity contribution in [2.24, 2.45) is 5.41 Å². The van der Waals surface area contributed by atoms with Crippen LogP contribution in [0.2, 0.25) is 0 Å². The second-order valence-corrected chi connectivity index (χ2v) is 7.23. The summed E-state index contributed by atoms with van der Waals surface area (Å²) in [5.74, 6) is 0.589. The van der Waals surface area contributed by atoms with E-state index in [4.69, 9.17) is 0 Å². The Kier molecular flexibility index (Phi) is 8.18. The molecule has 3 N–H and O–H groups in total. The highest BCUT2D eigenvalue weighted by molar-refractivity contribution is 7.84. The molecule has 0 heterocycles. The number of urea groups is 1. The summed E-state index contributed by atoms with van der Waals surface area (Å²) in [5, 5.41) is 14.6. The van der Waals surface area contributed by atoms with Crippen LogP contribution in [0.3, 0.4) is 0 Å². The molecule has 0 aliphatic carbocycles. The van der Waals surface area contributed by atoms with Gasteiger partial charge in [-0.3, -0.25) is 4.21 Å². The van der Waals surface area contributed by atoms with E-state index in [2.05, 4.69) is 31.4 Å². The van der Waals surface area contributed by atoms with E-state index in [1.54, 1.807) is 6.26 Å². The summed E-state index contributed by atoms with van der Waals surface area (Å²) in [6.07, 6.45) is 3.06. The van der Waals surface area contributed by atoms with Gasteiger partial charge in [-0.05, 0) is 18.3 Å². The van der Waals surface area contributed by atoms with E-state index >= 15 is 0 Å². The molecule has 0 aromatic rings. The van der Waals surface area contributed by atoms with E-state index < -0.39 is 10.8 Å². The Labute approximate surface area is 112 Å². The van der Waals surface area contributed by atoms with E-state index in [1.807, 2.05) is 0 Å². The molecule has 0 bridgehead atoms. The fraction of sp³-hybridized carbons (Fsp3) is 0.917. The maximum Gasteiger partial charge on any atom is 0.315 e. The normalized spacial score (nSPS) is 14.9. The lowest BCUT2D eigenvalue weighted by atomic mass is 9.88. The third kappa shape index (κ3) is 10.5. The summed E-state index contributed by atoms with van der Waals surface area (Å²) in [6, 6.07) is -0.509. The first-order valence-corrected chi connectivity index (χ1v) is 7.92. The molecule has 0 radical (unpaired) electrons. The first kappa shape index (κ1) is 17.4. The van der Waals surface area contributed by atoms with Crippen LogP contribution in [0.1, 0.15) is 33.6 Å². The van der Waals surface area contributed by atoms with Crippen LogP contribution < -0.4 is 10.6 Å². The SMILES string of the molecule is CS(=O)CCCNC(=O)NC(CO)CC(C)(C)C. The molecule has 0 aliphatic rings. The van der Waals surface area contributed by atoms with Gasteiger partial charge in [-0.1, -0.05) is 20.8 Å². The smallest absolute Gasteiger partial charge is 0.315 e. The summed E-state index contributed by atoms with van der Waals surface area (Å²) < 4.78 is 10.8. The number of aliphatic hydroxyl groups is 1. The zero-order valence-corrected chi connectivity index (χ0v) is 12.6. The minimum Gasteiger partial charge on any atom is -0.394 e. The van der Waals surface area contributed by atoms with Gasteiger partial charge in [-0.15, -0.1) is 0 Å². The maximum absolute atomic E-state index is 11.5. The molecule has 108 valence electrons. The van der Waals surface area contributed by atoms with Crippen LogP contribution >= 0.6 is 0 Å². The Bertz CT molecular complexity index is 277. The minimum atomic E-state index is -0.818. The van der Waals surface area contributed by atoms with Gasteiger partial charge in [0.05, 0.1) is 12.6 Å². The Morgan fingerprint density at radius 2 is 2.00 bits per heavy atom. The molecule has 0 spiro atoms. The second-order valence-electron chi connectivity index (χ2n) is 5.68. The van der Waals surface area contributed by atoms with Crippen molar-refractivity contribution in [3.8, 4) is 0 Å². The Hall–Kier alpha value is -0.620. The molecule has 0 aliphatic heterocycles. The zero-order valence-electron chi connectivity index (χ0n) is 11.8. The highest BCUT2D eigenvalue weighted by Crippen LogP contribution is 2.20. The Morgan fingerprint density at radius 1 is 1.39 bits per heavy atom. The Morgan fingerprint density at radius 3 is 2.44 bits per heavy atom. The molecular weight excluding hydrogens is 252 g/mol. The van der Waals surface area contributed by atoms with Crippen molar-refractivity contribution in [3.05, 3.63) is 0 Å². The molecule has 0 aromatic carbocycles. The topological polar surface area (TPSA) is 78.4 Å². The number of aliphatic hydroxyl groups excluding tert-OH is 1. The van der Waals surface area contributed by atoms with Crippen molar-refractivity contribution in [3.63, 3.8) is 0 Å². The highest BCUT2D eigenvalue weighted by atomic mass is 32.2. The average molecular weight is 278 g/mol. The van der Waals surface area contributed by atoms with Gasteiger partial charge in [0.2, 0.25) is 0 Å². The van der Waals surface area contributed by atoms with E-state index in [-0.39, 0.29) is 24.1 Å². The fourth-order valence-electron chi connectivity index (χ4n) is 1.61. The number of nitrogens with one attached hydrogen (secondary N) is 2. The van der Waals surface area contributed by atoms with Crippen LogP contribution in [0, 0.1) is 5.41 Å². The molecular formula is C12H26N2O3S. The fourth-order valence-corrected chi connectivity index (χ4v) is 2.17. The lowest BCUT2D eigenvalue weighted by Crippen LogP contribution is -2.45. The molecule has 0 aromatic heterocycles. The van der Waals surface area contributed by atoms with Crippen molar-refractivity contribution in [2.45, 2.75) is 39.7 Å². The van der Waals surface area contributed by atoms with Gasteiger partial charge in [-0.2, -0.15) is 0 Å². The molecule has 2 amide bonds. The second kappa shape index (κ2) is 8.48. The summed E-state index contributed by atoms with van der Waals surface area (Å²) in [4.78, 5) is 11.5. The highest BCUT2D eigenvalue weighted by Gasteiger charge is 2.19. The number of hydrogen-bond donors (Lipinski definition) is 3. The third-order valence-electron chi connectivity index (χ3n) is 2.31. The molecule has 0 fully saturated rings. The molecule has 2 atom stereocenters. The first-order valence-electron chi connectivity index (χ1n) is 6.20. The third-order valence-corrected chi connectivity index (χ3v) is 3.17. The van der Waals surface area contributed by atoms with Gasteiger partial charge in [0.15, 0.2) is 0 Å². The van der Waals surface area contributed by atoms with Crippen LogP contribution in [0.15, 0.2) is 0 Å². The van der Waals surface area contributed by atoms with Crippen LogP contribution in [0.25, 0.3) is 0 Å². The van der Waals surface area contributed by atoms with Crippen LogP contribution in [0.5, 0.6) is 0 Å². The van der Waals surface area contributed by atoms with E-state index in [1.165, 1.54) is 0 Å². The molecule has 0 rings (SSSR count). The summed E-state index contributed by atoms with van der Waals surface area (Å²) in [6.45, 7) is 6.62. The van der Waals surface area contributed by atoms with Gasteiger partial charge in [0.1, 0.15) is 0 Å². The lowest BCUT2D eigenvalue weighted by molar-refractivity contribution is 0.191. The largest absolute Gasteiger partial charge is 0.394 e. The van der Waals surface area contributed by atoms with Gasteiger partial charge in [0, 0.05) is 29.4 Å². The quantitative estimate of drug-likeness (QED) is 0.604.